The van der Waals surface area contributed by atoms with Crippen molar-refractivity contribution in [2.45, 2.75) is 32.8 Å². The summed E-state index contributed by atoms with van der Waals surface area (Å²) in [6, 6.07) is 9.98. The summed E-state index contributed by atoms with van der Waals surface area (Å²) in [5.74, 6) is 0.733. The number of aryl methyl sites for hydroxylation is 1. The van der Waals surface area contributed by atoms with Gasteiger partial charge in [-0.15, -0.1) is 35.3 Å². The van der Waals surface area contributed by atoms with Gasteiger partial charge in [0, 0.05) is 31.3 Å². The number of aliphatic imine (C=N–C) groups is 1. The van der Waals surface area contributed by atoms with E-state index in [9.17, 15) is 5.11 Å². The van der Waals surface area contributed by atoms with E-state index < -0.39 is 6.10 Å². The lowest BCUT2D eigenvalue weighted by molar-refractivity contribution is 0.183. The molecule has 0 aliphatic heterocycles. The first kappa shape index (κ1) is 21.9. The first-order chi connectivity index (χ1) is 11.7. The maximum atomic E-state index is 10.2. The maximum Gasteiger partial charge on any atom is 0.191 e. The molecule has 0 saturated heterocycles. The predicted molar refractivity (Wildman–Crippen MR) is 116 cm³/mol. The SMILES string of the molecule is CCNC(=NCC(O)Cc1ccccc1)NCCc1csc(C)n1.I. The third-order valence-electron chi connectivity index (χ3n) is 3.46. The highest BCUT2D eigenvalue weighted by Gasteiger charge is 2.06. The number of aliphatic hydroxyl groups excluding tert-OH is 1. The molecule has 0 aliphatic carbocycles. The number of halogens is 1. The van der Waals surface area contributed by atoms with E-state index in [-0.39, 0.29) is 24.0 Å². The summed E-state index contributed by atoms with van der Waals surface area (Å²) >= 11 is 1.67. The molecule has 2 rings (SSSR count). The van der Waals surface area contributed by atoms with E-state index in [1.807, 2.05) is 44.2 Å². The molecule has 0 amide bonds. The van der Waals surface area contributed by atoms with E-state index in [1.165, 1.54) is 0 Å². The Labute approximate surface area is 171 Å². The van der Waals surface area contributed by atoms with Crippen molar-refractivity contribution in [1.29, 1.82) is 0 Å². The zero-order valence-electron chi connectivity index (χ0n) is 14.7. The molecule has 2 aromatic rings. The molecule has 1 aromatic carbocycles. The van der Waals surface area contributed by atoms with E-state index in [0.29, 0.717) is 13.0 Å². The van der Waals surface area contributed by atoms with Crippen molar-refractivity contribution in [2.24, 2.45) is 4.99 Å². The third kappa shape index (κ3) is 8.64. The van der Waals surface area contributed by atoms with E-state index in [4.69, 9.17) is 0 Å². The van der Waals surface area contributed by atoms with Crippen molar-refractivity contribution in [3.05, 3.63) is 52.0 Å². The second kappa shape index (κ2) is 12.2. The largest absolute Gasteiger partial charge is 0.391 e. The molecule has 7 heteroatoms. The summed E-state index contributed by atoms with van der Waals surface area (Å²) in [4.78, 5) is 8.93. The molecule has 0 saturated carbocycles. The molecule has 1 aromatic heterocycles. The molecule has 1 unspecified atom stereocenters. The molecule has 0 radical (unpaired) electrons. The number of thiazole rings is 1. The van der Waals surface area contributed by atoms with Crippen LogP contribution in [0.2, 0.25) is 0 Å². The molecule has 0 spiro atoms. The maximum absolute atomic E-state index is 10.2. The molecule has 25 heavy (non-hydrogen) atoms. The van der Waals surface area contributed by atoms with Gasteiger partial charge in [-0.3, -0.25) is 4.99 Å². The fourth-order valence-corrected chi connectivity index (χ4v) is 2.97. The summed E-state index contributed by atoms with van der Waals surface area (Å²) < 4.78 is 0. The minimum Gasteiger partial charge on any atom is -0.391 e. The third-order valence-corrected chi connectivity index (χ3v) is 4.28. The lowest BCUT2D eigenvalue weighted by Gasteiger charge is -2.13. The Balaban J connectivity index is 0.00000312. The molecule has 0 aliphatic rings. The molecular weight excluding hydrogens is 447 g/mol. The number of aromatic nitrogens is 1. The molecular formula is C18H27IN4OS. The van der Waals surface area contributed by atoms with Gasteiger partial charge in [-0.25, -0.2) is 4.98 Å². The normalized spacial score (nSPS) is 12.4. The highest BCUT2D eigenvalue weighted by Crippen LogP contribution is 2.07. The van der Waals surface area contributed by atoms with Crippen LogP contribution in [0, 0.1) is 6.92 Å². The number of nitrogens with zero attached hydrogens (tertiary/aromatic N) is 2. The van der Waals surface area contributed by atoms with Crippen LogP contribution in [-0.4, -0.2) is 41.8 Å². The molecule has 1 atom stereocenters. The fourth-order valence-electron chi connectivity index (χ4n) is 2.32. The van der Waals surface area contributed by atoms with Gasteiger partial charge in [-0.1, -0.05) is 30.3 Å². The van der Waals surface area contributed by atoms with E-state index >= 15 is 0 Å². The van der Waals surface area contributed by atoms with E-state index in [2.05, 4.69) is 26.0 Å². The lowest BCUT2D eigenvalue weighted by Crippen LogP contribution is -2.39. The first-order valence-corrected chi connectivity index (χ1v) is 9.20. The van der Waals surface area contributed by atoms with Gasteiger partial charge in [0.05, 0.1) is 23.4 Å². The van der Waals surface area contributed by atoms with Crippen LogP contribution in [0.5, 0.6) is 0 Å². The molecule has 5 nitrogen and oxygen atoms in total. The van der Waals surface area contributed by atoms with Crippen LogP contribution in [0.4, 0.5) is 0 Å². The van der Waals surface area contributed by atoms with Crippen LogP contribution in [0.3, 0.4) is 0 Å². The molecule has 3 N–H and O–H groups in total. The van der Waals surface area contributed by atoms with Gasteiger partial charge in [-0.2, -0.15) is 0 Å². The van der Waals surface area contributed by atoms with Gasteiger partial charge in [-0.05, 0) is 19.4 Å². The van der Waals surface area contributed by atoms with Gasteiger partial charge in [0.2, 0.25) is 0 Å². The Kier molecular flexibility index (Phi) is 10.7. The molecule has 0 bridgehead atoms. The van der Waals surface area contributed by atoms with Gasteiger partial charge in [0.25, 0.3) is 0 Å². The Bertz CT molecular complexity index is 633. The topological polar surface area (TPSA) is 69.5 Å². The molecule has 0 fully saturated rings. The first-order valence-electron chi connectivity index (χ1n) is 8.32. The summed E-state index contributed by atoms with van der Waals surface area (Å²) in [7, 11) is 0. The van der Waals surface area contributed by atoms with Crippen LogP contribution >= 0.6 is 35.3 Å². The minimum atomic E-state index is -0.482. The second-order valence-corrected chi connectivity index (χ2v) is 6.66. The number of aliphatic hydroxyl groups is 1. The monoisotopic (exact) mass is 474 g/mol. The summed E-state index contributed by atoms with van der Waals surface area (Å²) in [5, 5.41) is 19.8. The number of hydrogen-bond acceptors (Lipinski definition) is 4. The van der Waals surface area contributed by atoms with Crippen LogP contribution in [0.25, 0.3) is 0 Å². The van der Waals surface area contributed by atoms with E-state index in [1.54, 1.807) is 11.3 Å². The number of hydrogen-bond donors (Lipinski definition) is 3. The number of nitrogens with one attached hydrogen (secondary N) is 2. The predicted octanol–water partition coefficient (Wildman–Crippen LogP) is 2.77. The smallest absolute Gasteiger partial charge is 0.191 e. The molecule has 1 heterocycles. The van der Waals surface area contributed by atoms with Gasteiger partial charge < -0.3 is 15.7 Å². The number of rotatable bonds is 8. The minimum absolute atomic E-state index is 0. The average Bonchev–Trinajstić information content (AvgIpc) is 2.99. The standard InChI is InChI=1S/C18H26N4OS.HI/c1-3-19-18(20-10-9-16-13-24-14(2)22-16)21-12-17(23)11-15-7-5-4-6-8-15;/h4-8,13,17,23H,3,9-12H2,1-2H3,(H2,19,20,21);1H. The van der Waals surface area contributed by atoms with E-state index in [0.717, 1.165) is 41.7 Å². The fraction of sp³-hybridized carbons (Fsp3) is 0.444. The average molecular weight is 474 g/mol. The Hall–Kier alpha value is -1.19. The van der Waals surface area contributed by atoms with Crippen molar-refractivity contribution >= 4 is 41.3 Å². The van der Waals surface area contributed by atoms with Crippen molar-refractivity contribution in [1.82, 2.24) is 15.6 Å². The van der Waals surface area contributed by atoms with Crippen molar-refractivity contribution in [3.8, 4) is 0 Å². The van der Waals surface area contributed by atoms with Crippen molar-refractivity contribution in [2.75, 3.05) is 19.6 Å². The van der Waals surface area contributed by atoms with Crippen LogP contribution in [-0.2, 0) is 12.8 Å². The van der Waals surface area contributed by atoms with Crippen LogP contribution in [0.15, 0.2) is 40.7 Å². The van der Waals surface area contributed by atoms with Crippen LogP contribution in [0.1, 0.15) is 23.2 Å². The zero-order chi connectivity index (χ0) is 17.2. The second-order valence-electron chi connectivity index (χ2n) is 5.60. The summed E-state index contributed by atoms with van der Waals surface area (Å²) in [6.07, 6.45) is 0.993. The van der Waals surface area contributed by atoms with Crippen LogP contribution < -0.4 is 10.6 Å². The summed E-state index contributed by atoms with van der Waals surface area (Å²) in [6.45, 7) is 5.98. The van der Waals surface area contributed by atoms with Crippen molar-refractivity contribution in [3.63, 3.8) is 0 Å². The Morgan fingerprint density at radius 2 is 2.04 bits per heavy atom. The summed E-state index contributed by atoms with van der Waals surface area (Å²) in [5.41, 5.74) is 2.22. The van der Waals surface area contributed by atoms with Gasteiger partial charge in [0.15, 0.2) is 5.96 Å². The number of benzene rings is 1. The highest BCUT2D eigenvalue weighted by atomic mass is 127. The highest BCUT2D eigenvalue weighted by molar-refractivity contribution is 14.0. The Morgan fingerprint density at radius 3 is 2.68 bits per heavy atom. The molecule has 138 valence electrons. The van der Waals surface area contributed by atoms with Crippen molar-refractivity contribution < 1.29 is 5.11 Å². The lowest BCUT2D eigenvalue weighted by atomic mass is 10.1. The van der Waals surface area contributed by atoms with Gasteiger partial charge in [0.1, 0.15) is 0 Å². The Morgan fingerprint density at radius 1 is 1.28 bits per heavy atom. The zero-order valence-corrected chi connectivity index (χ0v) is 17.9. The number of guanidine groups is 1. The quantitative estimate of drug-likeness (QED) is 0.313. The van der Waals surface area contributed by atoms with Gasteiger partial charge >= 0.3 is 0 Å².